The Bertz CT molecular complexity index is 770. The zero-order valence-electron chi connectivity index (χ0n) is 15.6. The molecule has 2 aromatic rings. The highest BCUT2D eigenvalue weighted by Gasteiger charge is 2.34. The maximum atomic E-state index is 12.5. The van der Waals surface area contributed by atoms with Crippen molar-refractivity contribution in [3.63, 3.8) is 0 Å². The molecular weight excluding hydrogens is 360 g/mol. The fourth-order valence-electron chi connectivity index (χ4n) is 3.50. The highest BCUT2D eigenvalue weighted by Crippen LogP contribution is 2.39. The number of anilines is 2. The minimum atomic E-state index is -0.0780. The Hall–Kier alpha value is -2.08. The number of hydrogen-bond donors (Lipinski definition) is 2. The van der Waals surface area contributed by atoms with E-state index in [1.165, 1.54) is 11.3 Å². The number of carbonyl (C=O) groups excluding carboxylic acids is 1. The summed E-state index contributed by atoms with van der Waals surface area (Å²) in [4.78, 5) is 17.2. The van der Waals surface area contributed by atoms with Gasteiger partial charge in [-0.05, 0) is 55.4 Å². The number of nitrogens with zero attached hydrogens (tertiary/aromatic N) is 2. The minimum Gasteiger partial charge on any atom is -0.369 e. The van der Waals surface area contributed by atoms with E-state index in [1.807, 2.05) is 36.4 Å². The number of nitrogens with two attached hydrogens (primary N) is 1. The molecule has 1 aliphatic heterocycles. The topological polar surface area (TPSA) is 61.6 Å². The molecule has 144 valence electrons. The Labute approximate surface area is 166 Å². The van der Waals surface area contributed by atoms with Gasteiger partial charge in [0.15, 0.2) is 0 Å². The smallest absolute Gasteiger partial charge is 0.255 e. The Kier molecular flexibility index (Phi) is 6.05. The van der Waals surface area contributed by atoms with Gasteiger partial charge in [0.25, 0.3) is 5.91 Å². The van der Waals surface area contributed by atoms with Crippen molar-refractivity contribution in [2.75, 3.05) is 43.4 Å². The first kappa shape index (κ1) is 19.7. The van der Waals surface area contributed by atoms with Gasteiger partial charge in [-0.1, -0.05) is 12.1 Å². The van der Waals surface area contributed by atoms with E-state index in [2.05, 4.69) is 34.3 Å². The second kappa shape index (κ2) is 8.30. The van der Waals surface area contributed by atoms with Gasteiger partial charge in [0.05, 0.1) is 0 Å². The molecular formula is C21H27ClN4O. The fourth-order valence-corrected chi connectivity index (χ4v) is 3.50. The molecule has 1 amide bonds. The molecule has 3 N–H and O–H groups in total. The van der Waals surface area contributed by atoms with E-state index < -0.39 is 0 Å². The third-order valence-corrected chi connectivity index (χ3v) is 5.43. The number of halogens is 1. The van der Waals surface area contributed by atoms with E-state index in [-0.39, 0.29) is 18.3 Å². The Morgan fingerprint density at radius 1 is 1.00 bits per heavy atom. The van der Waals surface area contributed by atoms with E-state index in [4.69, 9.17) is 5.73 Å². The monoisotopic (exact) mass is 386 g/mol. The lowest BCUT2D eigenvalue weighted by molar-refractivity contribution is 0.102. The largest absolute Gasteiger partial charge is 0.369 e. The number of benzene rings is 2. The summed E-state index contributed by atoms with van der Waals surface area (Å²) in [5.74, 6) is 0.410. The van der Waals surface area contributed by atoms with Gasteiger partial charge >= 0.3 is 0 Å². The molecule has 4 rings (SSSR count). The molecule has 1 saturated heterocycles. The summed E-state index contributed by atoms with van der Waals surface area (Å²) < 4.78 is 0. The summed E-state index contributed by atoms with van der Waals surface area (Å²) in [6, 6.07) is 16.2. The Morgan fingerprint density at radius 2 is 1.59 bits per heavy atom. The van der Waals surface area contributed by atoms with Crippen LogP contribution in [-0.2, 0) is 0 Å². The fraction of sp³-hybridized carbons (Fsp3) is 0.381. The third kappa shape index (κ3) is 4.61. The molecule has 27 heavy (non-hydrogen) atoms. The normalized spacial score (nSPS) is 22.1. The van der Waals surface area contributed by atoms with E-state index in [9.17, 15) is 4.79 Å². The van der Waals surface area contributed by atoms with Gasteiger partial charge in [-0.2, -0.15) is 0 Å². The van der Waals surface area contributed by atoms with E-state index in [0.717, 1.165) is 38.3 Å². The van der Waals surface area contributed by atoms with Gasteiger partial charge in [0, 0.05) is 55.1 Å². The maximum Gasteiger partial charge on any atom is 0.255 e. The summed E-state index contributed by atoms with van der Waals surface area (Å²) in [5, 5.41) is 2.97. The SMILES string of the molecule is CN1CCN(c2ccc(C(=O)Nc3ccc([C@@H]4C[C@H]4N)cc3)cc2)CC1.Cl. The van der Waals surface area contributed by atoms with Crippen LogP contribution < -0.4 is 16.0 Å². The molecule has 0 aromatic heterocycles. The molecule has 1 aliphatic carbocycles. The molecule has 2 aromatic carbocycles. The van der Waals surface area contributed by atoms with Gasteiger partial charge in [-0.25, -0.2) is 0 Å². The molecule has 0 spiro atoms. The molecule has 6 heteroatoms. The predicted molar refractivity (Wildman–Crippen MR) is 113 cm³/mol. The molecule has 2 fully saturated rings. The van der Waals surface area contributed by atoms with Crippen LogP contribution in [0.3, 0.4) is 0 Å². The first-order valence-electron chi connectivity index (χ1n) is 9.30. The lowest BCUT2D eigenvalue weighted by Gasteiger charge is -2.34. The average molecular weight is 387 g/mol. The second-order valence-electron chi connectivity index (χ2n) is 7.42. The van der Waals surface area contributed by atoms with Crippen LogP contribution in [0, 0.1) is 0 Å². The van der Waals surface area contributed by atoms with Crippen molar-refractivity contribution in [3.8, 4) is 0 Å². The second-order valence-corrected chi connectivity index (χ2v) is 7.42. The minimum absolute atomic E-state index is 0. The number of hydrogen-bond acceptors (Lipinski definition) is 4. The zero-order chi connectivity index (χ0) is 18.1. The van der Waals surface area contributed by atoms with E-state index >= 15 is 0 Å². The van der Waals surface area contributed by atoms with Crippen LogP contribution in [0.2, 0.25) is 0 Å². The number of carbonyl (C=O) groups is 1. The van der Waals surface area contributed by atoms with Crippen LogP contribution in [-0.4, -0.2) is 50.1 Å². The van der Waals surface area contributed by atoms with Crippen LogP contribution >= 0.6 is 12.4 Å². The Morgan fingerprint density at radius 3 is 2.15 bits per heavy atom. The number of nitrogens with one attached hydrogen (secondary N) is 1. The van der Waals surface area contributed by atoms with Crippen LogP contribution in [0.5, 0.6) is 0 Å². The summed E-state index contributed by atoms with van der Waals surface area (Å²) in [6.45, 7) is 4.20. The van der Waals surface area contributed by atoms with Crippen molar-refractivity contribution < 1.29 is 4.79 Å². The van der Waals surface area contributed by atoms with Gasteiger partial charge in [-0.15, -0.1) is 12.4 Å². The standard InChI is InChI=1S/C21H26N4O.ClH/c1-24-10-12-25(13-11-24)18-8-4-16(5-9-18)21(26)23-17-6-2-15(3-7-17)19-14-20(19)22;/h2-9,19-20H,10-14,22H2,1H3,(H,23,26);1H/t19-,20+;/m0./s1. The molecule has 2 atom stereocenters. The molecule has 2 aliphatic rings. The van der Waals surface area contributed by atoms with E-state index in [1.54, 1.807) is 0 Å². The van der Waals surface area contributed by atoms with Crippen LogP contribution in [0.15, 0.2) is 48.5 Å². The summed E-state index contributed by atoms with van der Waals surface area (Å²) in [5.41, 5.74) is 9.82. The van der Waals surface area contributed by atoms with Crippen LogP contribution in [0.4, 0.5) is 11.4 Å². The molecule has 1 heterocycles. The number of piperazine rings is 1. The van der Waals surface area contributed by atoms with Gasteiger partial charge in [0.2, 0.25) is 0 Å². The summed E-state index contributed by atoms with van der Waals surface area (Å²) in [7, 11) is 2.15. The van der Waals surface area contributed by atoms with Crippen molar-refractivity contribution >= 4 is 29.7 Å². The van der Waals surface area contributed by atoms with Crippen molar-refractivity contribution in [3.05, 3.63) is 59.7 Å². The van der Waals surface area contributed by atoms with Crippen molar-refractivity contribution in [2.24, 2.45) is 5.73 Å². The molecule has 0 bridgehead atoms. The lowest BCUT2D eigenvalue weighted by atomic mass is 10.1. The number of likely N-dealkylation sites (N-methyl/N-ethyl adjacent to an activating group) is 1. The van der Waals surface area contributed by atoms with E-state index in [0.29, 0.717) is 17.5 Å². The lowest BCUT2D eigenvalue weighted by Crippen LogP contribution is -2.44. The van der Waals surface area contributed by atoms with Gasteiger partial charge in [0.1, 0.15) is 0 Å². The number of rotatable bonds is 4. The first-order chi connectivity index (χ1) is 12.6. The Balaban J connectivity index is 0.00000210. The quantitative estimate of drug-likeness (QED) is 0.848. The zero-order valence-corrected chi connectivity index (χ0v) is 16.4. The molecule has 0 unspecified atom stereocenters. The average Bonchev–Trinajstić information content (AvgIpc) is 3.40. The predicted octanol–water partition coefficient (Wildman–Crippen LogP) is 2.93. The third-order valence-electron chi connectivity index (χ3n) is 5.43. The van der Waals surface area contributed by atoms with Gasteiger partial charge in [-0.3, -0.25) is 4.79 Å². The van der Waals surface area contributed by atoms with Crippen LogP contribution in [0.1, 0.15) is 28.3 Å². The summed E-state index contributed by atoms with van der Waals surface area (Å²) in [6.07, 6.45) is 1.06. The first-order valence-corrected chi connectivity index (χ1v) is 9.30. The van der Waals surface area contributed by atoms with Crippen molar-refractivity contribution in [1.82, 2.24) is 4.90 Å². The molecule has 0 radical (unpaired) electrons. The molecule has 5 nitrogen and oxygen atoms in total. The van der Waals surface area contributed by atoms with Gasteiger partial charge < -0.3 is 20.9 Å². The molecule has 1 saturated carbocycles. The highest BCUT2D eigenvalue weighted by molar-refractivity contribution is 6.04. The maximum absolute atomic E-state index is 12.5. The van der Waals surface area contributed by atoms with Crippen LogP contribution in [0.25, 0.3) is 0 Å². The summed E-state index contributed by atoms with van der Waals surface area (Å²) >= 11 is 0. The van der Waals surface area contributed by atoms with Crippen molar-refractivity contribution in [2.45, 2.75) is 18.4 Å². The van der Waals surface area contributed by atoms with Crippen molar-refractivity contribution in [1.29, 1.82) is 0 Å². The number of amides is 1. The highest BCUT2D eigenvalue weighted by atomic mass is 35.5.